The Kier molecular flexibility index (Phi) is 19.4. The molecule has 12 nitrogen and oxygen atoms in total. The Hall–Kier alpha value is -4.48. The Balaban J connectivity index is 0.928. The lowest BCUT2D eigenvalue weighted by atomic mass is 9.69. The van der Waals surface area contributed by atoms with Crippen LogP contribution in [-0.4, -0.2) is 62.2 Å². The SMILES string of the molecule is C=CC(=O)OCCCCOC(=O)C1CCC(C2CCC(C(=O)Oc3ccc(OC(=O)C4CCC(C5CCC(C(=O)OCCCCOC(=O)C=C)CC5)CC4)c(C)c3)CC2)CC1. The van der Waals surface area contributed by atoms with Gasteiger partial charge in [-0.05, 0) is 183 Å². The molecule has 0 N–H and O–H groups in total. The second kappa shape index (κ2) is 24.8. The Morgan fingerprint density at radius 2 is 0.803 bits per heavy atom. The van der Waals surface area contributed by atoms with E-state index in [0.29, 0.717) is 87.3 Å². The summed E-state index contributed by atoms with van der Waals surface area (Å²) in [7, 11) is 0. The first-order valence-corrected chi connectivity index (χ1v) is 23.0. The first-order valence-electron chi connectivity index (χ1n) is 23.0. The molecule has 0 unspecified atom stereocenters. The zero-order chi connectivity index (χ0) is 43.6. The van der Waals surface area contributed by atoms with Crippen molar-refractivity contribution < 1.29 is 57.2 Å². The molecule has 0 aromatic heterocycles. The Morgan fingerprint density at radius 1 is 0.475 bits per heavy atom. The van der Waals surface area contributed by atoms with Crippen molar-refractivity contribution in [2.45, 2.75) is 135 Å². The molecular weight excluding hydrogens is 781 g/mol. The van der Waals surface area contributed by atoms with Crippen LogP contribution in [0.2, 0.25) is 0 Å². The second-order valence-corrected chi connectivity index (χ2v) is 17.7. The van der Waals surface area contributed by atoms with Crippen LogP contribution in [0.5, 0.6) is 11.5 Å². The van der Waals surface area contributed by atoms with Crippen LogP contribution in [0.3, 0.4) is 0 Å². The van der Waals surface area contributed by atoms with E-state index in [-0.39, 0.29) is 47.5 Å². The maximum atomic E-state index is 13.2. The third-order valence-corrected chi connectivity index (χ3v) is 13.7. The smallest absolute Gasteiger partial charge is 0.330 e. The molecule has 1 aromatic carbocycles. The van der Waals surface area contributed by atoms with E-state index in [1.54, 1.807) is 18.2 Å². The zero-order valence-corrected chi connectivity index (χ0v) is 36.3. The number of benzene rings is 1. The molecular formula is C49H68O12. The van der Waals surface area contributed by atoms with Crippen LogP contribution in [0, 0.1) is 54.3 Å². The van der Waals surface area contributed by atoms with E-state index in [9.17, 15) is 28.8 Å². The highest BCUT2D eigenvalue weighted by Crippen LogP contribution is 2.44. The maximum absolute atomic E-state index is 13.2. The van der Waals surface area contributed by atoms with Crippen LogP contribution in [-0.2, 0) is 47.7 Å². The van der Waals surface area contributed by atoms with Crippen molar-refractivity contribution in [3.63, 3.8) is 0 Å². The summed E-state index contributed by atoms with van der Waals surface area (Å²) in [6.07, 6.45) is 19.3. The van der Waals surface area contributed by atoms with E-state index < -0.39 is 11.9 Å². The number of esters is 6. The number of carbonyl (C=O) groups excluding carboxylic acids is 6. The predicted octanol–water partition coefficient (Wildman–Crippen LogP) is 9.14. The number of ether oxygens (including phenoxy) is 6. The lowest BCUT2D eigenvalue weighted by Crippen LogP contribution is -2.31. The summed E-state index contributed by atoms with van der Waals surface area (Å²) in [5.41, 5.74) is 0.742. The first-order chi connectivity index (χ1) is 29.5. The van der Waals surface area contributed by atoms with Gasteiger partial charge in [-0.3, -0.25) is 19.2 Å². The number of unbranched alkanes of at least 4 members (excludes halogenated alkanes) is 2. The number of rotatable bonds is 20. The lowest BCUT2D eigenvalue weighted by molar-refractivity contribution is -0.151. The molecule has 0 saturated heterocycles. The van der Waals surface area contributed by atoms with Gasteiger partial charge in [0, 0.05) is 12.2 Å². The van der Waals surface area contributed by atoms with E-state index >= 15 is 0 Å². The molecule has 12 heteroatoms. The summed E-state index contributed by atoms with van der Waals surface area (Å²) >= 11 is 0. The van der Waals surface area contributed by atoms with Gasteiger partial charge in [0.05, 0.1) is 50.1 Å². The topological polar surface area (TPSA) is 158 Å². The van der Waals surface area contributed by atoms with Gasteiger partial charge in [0.1, 0.15) is 11.5 Å². The van der Waals surface area contributed by atoms with Gasteiger partial charge in [-0.2, -0.15) is 0 Å². The van der Waals surface area contributed by atoms with Crippen molar-refractivity contribution in [3.8, 4) is 11.5 Å². The van der Waals surface area contributed by atoms with Crippen LogP contribution >= 0.6 is 0 Å². The molecule has 336 valence electrons. The van der Waals surface area contributed by atoms with E-state index in [2.05, 4.69) is 13.2 Å². The molecule has 0 heterocycles. The largest absolute Gasteiger partial charge is 0.465 e. The van der Waals surface area contributed by atoms with Gasteiger partial charge in [0.15, 0.2) is 0 Å². The van der Waals surface area contributed by atoms with Crippen LogP contribution in [0.15, 0.2) is 43.5 Å². The van der Waals surface area contributed by atoms with Gasteiger partial charge >= 0.3 is 35.8 Å². The Labute approximate surface area is 361 Å². The standard InChI is InChI=1S/C49H68O12/c1-4-44(50)56-28-6-8-30-58-46(52)38-18-10-34(11-19-38)36-14-22-40(23-15-36)48(54)60-42-26-27-43(33(3)32-42)61-49(55)41-24-16-37(17-25-41)35-12-20-39(21-13-35)47(53)59-31-9-7-29-57-45(51)5-2/h4-5,26-27,32,34-41H,1-2,6-25,28-31H2,3H3. The molecule has 0 spiro atoms. The molecule has 0 amide bonds. The second-order valence-electron chi connectivity index (χ2n) is 17.7. The summed E-state index contributed by atoms with van der Waals surface area (Å²) in [5.74, 6) is 1.19. The third-order valence-electron chi connectivity index (χ3n) is 13.7. The molecule has 4 aliphatic carbocycles. The van der Waals surface area contributed by atoms with Gasteiger partial charge in [0.25, 0.3) is 0 Å². The van der Waals surface area contributed by atoms with Crippen LogP contribution in [0.1, 0.15) is 134 Å². The average molecular weight is 849 g/mol. The number of hydrogen-bond acceptors (Lipinski definition) is 12. The molecule has 4 saturated carbocycles. The first kappa shape index (κ1) is 47.6. The van der Waals surface area contributed by atoms with E-state index in [1.165, 1.54) is 0 Å². The van der Waals surface area contributed by atoms with Crippen molar-refractivity contribution in [2.75, 3.05) is 26.4 Å². The molecule has 4 fully saturated rings. The molecule has 0 aliphatic heterocycles. The molecule has 4 aliphatic rings. The van der Waals surface area contributed by atoms with Crippen LogP contribution in [0.25, 0.3) is 0 Å². The van der Waals surface area contributed by atoms with Crippen molar-refractivity contribution in [1.82, 2.24) is 0 Å². The number of aryl methyl sites for hydroxylation is 1. The minimum absolute atomic E-state index is 0.0591. The predicted molar refractivity (Wildman–Crippen MR) is 227 cm³/mol. The molecule has 61 heavy (non-hydrogen) atoms. The fourth-order valence-corrected chi connectivity index (χ4v) is 9.95. The Bertz CT molecular complexity index is 1640. The summed E-state index contributed by atoms with van der Waals surface area (Å²) in [5, 5.41) is 0. The zero-order valence-electron chi connectivity index (χ0n) is 36.3. The van der Waals surface area contributed by atoms with Crippen LogP contribution < -0.4 is 9.47 Å². The van der Waals surface area contributed by atoms with Crippen molar-refractivity contribution in [1.29, 1.82) is 0 Å². The van der Waals surface area contributed by atoms with Gasteiger partial charge < -0.3 is 28.4 Å². The fraction of sp³-hybridized carbons (Fsp3) is 0.673. The minimum atomic E-state index is -0.445. The molecule has 0 atom stereocenters. The van der Waals surface area contributed by atoms with Crippen molar-refractivity contribution >= 4 is 35.8 Å². The summed E-state index contributed by atoms with van der Waals surface area (Å²) in [6, 6.07) is 5.19. The summed E-state index contributed by atoms with van der Waals surface area (Å²) < 4.78 is 32.6. The fourth-order valence-electron chi connectivity index (χ4n) is 9.95. The highest BCUT2D eigenvalue weighted by Gasteiger charge is 2.37. The third kappa shape index (κ3) is 15.1. The van der Waals surface area contributed by atoms with Gasteiger partial charge in [-0.15, -0.1) is 0 Å². The number of hydrogen-bond donors (Lipinski definition) is 0. The average Bonchev–Trinajstić information content (AvgIpc) is 3.29. The van der Waals surface area contributed by atoms with Crippen molar-refractivity contribution in [2.24, 2.45) is 47.3 Å². The minimum Gasteiger partial charge on any atom is -0.465 e. The van der Waals surface area contributed by atoms with Gasteiger partial charge in [0.2, 0.25) is 0 Å². The van der Waals surface area contributed by atoms with Gasteiger partial charge in [-0.1, -0.05) is 13.2 Å². The van der Waals surface area contributed by atoms with Crippen LogP contribution in [0.4, 0.5) is 0 Å². The summed E-state index contributed by atoms with van der Waals surface area (Å²) in [4.78, 5) is 73.8. The van der Waals surface area contributed by atoms with E-state index in [1.807, 2.05) is 6.92 Å². The molecule has 1 aromatic rings. The van der Waals surface area contributed by atoms with Crippen molar-refractivity contribution in [3.05, 3.63) is 49.1 Å². The van der Waals surface area contributed by atoms with E-state index in [0.717, 1.165) is 120 Å². The van der Waals surface area contributed by atoms with E-state index in [4.69, 9.17) is 28.4 Å². The highest BCUT2D eigenvalue weighted by atomic mass is 16.6. The molecule has 0 bridgehead atoms. The monoisotopic (exact) mass is 848 g/mol. The number of carbonyl (C=O) groups is 6. The molecule has 5 rings (SSSR count). The molecule has 0 radical (unpaired) electrons. The lowest BCUT2D eigenvalue weighted by Gasteiger charge is -2.36. The maximum Gasteiger partial charge on any atom is 0.330 e. The quantitative estimate of drug-likeness (QED) is 0.0404. The normalized spacial score (nSPS) is 26.4. The summed E-state index contributed by atoms with van der Waals surface area (Å²) in [6.45, 7) is 9.84. The highest BCUT2D eigenvalue weighted by molar-refractivity contribution is 5.81. The Morgan fingerprint density at radius 3 is 1.15 bits per heavy atom. The van der Waals surface area contributed by atoms with Gasteiger partial charge in [-0.25, -0.2) is 9.59 Å².